The minimum Gasteiger partial charge on any atom is -0.241 e. The van der Waals surface area contributed by atoms with Crippen molar-refractivity contribution in [3.05, 3.63) is 24.1 Å². The van der Waals surface area contributed by atoms with E-state index in [0.717, 1.165) is 31.7 Å². The molecule has 0 aliphatic heterocycles. The molecule has 1 saturated carbocycles. The molecule has 1 fully saturated rings. The Morgan fingerprint density at radius 3 is 2.68 bits per heavy atom. The van der Waals surface area contributed by atoms with E-state index in [1.807, 2.05) is 0 Å². The molecule has 2 rings (SSSR count). The number of sulfonamides is 1. The van der Waals surface area contributed by atoms with Gasteiger partial charge in [0.05, 0.1) is 0 Å². The topological polar surface area (TPSA) is 59.1 Å². The van der Waals surface area contributed by atoms with Gasteiger partial charge in [0.2, 0.25) is 5.03 Å². The van der Waals surface area contributed by atoms with Crippen molar-refractivity contribution in [3.8, 4) is 0 Å². The van der Waals surface area contributed by atoms with Gasteiger partial charge in [0.1, 0.15) is 0 Å². The van der Waals surface area contributed by atoms with Gasteiger partial charge in [-0.25, -0.2) is 22.5 Å². The number of rotatable bonds is 4. The zero-order valence-corrected chi connectivity index (χ0v) is 11.9. The Bertz CT molecular complexity index is 530. The Hall–Kier alpha value is -0.720. The molecule has 0 saturated heterocycles. The van der Waals surface area contributed by atoms with Gasteiger partial charge < -0.3 is 0 Å². The quantitative estimate of drug-likeness (QED) is 0.868. The fourth-order valence-electron chi connectivity index (χ4n) is 2.19. The molecule has 0 radical (unpaired) electrons. The number of halogens is 2. The van der Waals surface area contributed by atoms with Gasteiger partial charge in [-0.1, -0.05) is 0 Å². The van der Waals surface area contributed by atoms with Crippen LogP contribution in [-0.2, 0) is 10.0 Å². The molecule has 0 spiro atoms. The van der Waals surface area contributed by atoms with E-state index in [4.69, 9.17) is 11.6 Å². The van der Waals surface area contributed by atoms with E-state index in [2.05, 4.69) is 9.71 Å². The first-order valence-corrected chi connectivity index (χ1v) is 8.15. The second kappa shape index (κ2) is 6.15. The van der Waals surface area contributed by atoms with E-state index in [1.165, 1.54) is 12.3 Å². The standard InChI is InChI=1S/C12H16ClFN2O2S/c13-10-5-3-9(4-6-10)8-16-19(17,18)12-11(14)2-1-7-15-12/h1-2,7,9-10,16H,3-6,8H2. The van der Waals surface area contributed by atoms with Crippen LogP contribution in [0.5, 0.6) is 0 Å². The lowest BCUT2D eigenvalue weighted by atomic mass is 9.89. The summed E-state index contributed by atoms with van der Waals surface area (Å²) in [6.45, 7) is 0.307. The van der Waals surface area contributed by atoms with Gasteiger partial charge >= 0.3 is 0 Å². The fraction of sp³-hybridized carbons (Fsp3) is 0.583. The Labute approximate surface area is 117 Å². The molecular formula is C12H16ClFN2O2S. The lowest BCUT2D eigenvalue weighted by Gasteiger charge is -2.24. The van der Waals surface area contributed by atoms with E-state index >= 15 is 0 Å². The van der Waals surface area contributed by atoms with Crippen LogP contribution in [-0.4, -0.2) is 25.3 Å². The fourth-order valence-corrected chi connectivity index (χ4v) is 3.56. The zero-order chi connectivity index (χ0) is 13.9. The Morgan fingerprint density at radius 2 is 2.05 bits per heavy atom. The highest BCUT2D eigenvalue weighted by Crippen LogP contribution is 2.27. The van der Waals surface area contributed by atoms with Gasteiger partial charge in [-0.05, 0) is 43.7 Å². The maximum Gasteiger partial charge on any atom is 0.261 e. The van der Waals surface area contributed by atoms with Crippen LogP contribution >= 0.6 is 11.6 Å². The molecule has 19 heavy (non-hydrogen) atoms. The summed E-state index contributed by atoms with van der Waals surface area (Å²) in [5.74, 6) is -0.573. The molecule has 1 aromatic rings. The number of nitrogens with zero attached hydrogens (tertiary/aromatic N) is 1. The Balaban J connectivity index is 1.97. The predicted octanol–water partition coefficient (Wildman–Crippen LogP) is 2.30. The van der Waals surface area contributed by atoms with Gasteiger partial charge in [-0.3, -0.25) is 0 Å². The van der Waals surface area contributed by atoms with Crippen molar-refractivity contribution in [2.75, 3.05) is 6.54 Å². The van der Waals surface area contributed by atoms with Crippen molar-refractivity contribution >= 4 is 21.6 Å². The Kier molecular flexibility index (Phi) is 4.76. The summed E-state index contributed by atoms with van der Waals surface area (Å²) in [7, 11) is -3.87. The zero-order valence-electron chi connectivity index (χ0n) is 10.4. The van der Waals surface area contributed by atoms with E-state index in [1.54, 1.807) is 0 Å². The third-order valence-electron chi connectivity index (χ3n) is 3.32. The number of alkyl halides is 1. The van der Waals surface area contributed by atoms with Crippen molar-refractivity contribution in [3.63, 3.8) is 0 Å². The van der Waals surface area contributed by atoms with Crippen molar-refractivity contribution in [1.82, 2.24) is 9.71 Å². The SMILES string of the molecule is O=S(=O)(NCC1CCC(Cl)CC1)c1ncccc1F. The van der Waals surface area contributed by atoms with Crippen molar-refractivity contribution < 1.29 is 12.8 Å². The summed E-state index contributed by atoms with van der Waals surface area (Å²) in [6, 6.07) is 2.44. The third kappa shape index (κ3) is 3.87. The van der Waals surface area contributed by atoms with Gasteiger partial charge in [-0.15, -0.1) is 11.6 Å². The van der Waals surface area contributed by atoms with E-state index in [9.17, 15) is 12.8 Å². The van der Waals surface area contributed by atoms with Gasteiger partial charge in [0, 0.05) is 18.1 Å². The second-order valence-corrected chi connectivity index (χ2v) is 7.06. The Morgan fingerprint density at radius 1 is 1.37 bits per heavy atom. The smallest absolute Gasteiger partial charge is 0.241 e. The number of hydrogen-bond donors (Lipinski definition) is 1. The molecule has 1 aliphatic rings. The van der Waals surface area contributed by atoms with Crippen LogP contribution < -0.4 is 4.72 Å². The van der Waals surface area contributed by atoms with Gasteiger partial charge in [-0.2, -0.15) is 0 Å². The summed E-state index contributed by atoms with van der Waals surface area (Å²) in [5, 5.41) is -0.345. The minimum absolute atomic E-state index is 0.195. The van der Waals surface area contributed by atoms with E-state index in [0.29, 0.717) is 6.54 Å². The molecule has 1 N–H and O–H groups in total. The number of hydrogen-bond acceptors (Lipinski definition) is 3. The normalized spacial score (nSPS) is 24.3. The molecule has 0 amide bonds. The first-order chi connectivity index (χ1) is 8.99. The second-order valence-electron chi connectivity index (χ2n) is 4.76. The molecule has 0 atom stereocenters. The largest absolute Gasteiger partial charge is 0.261 e. The summed E-state index contributed by atoms with van der Waals surface area (Å²) < 4.78 is 39.7. The molecule has 1 aliphatic carbocycles. The van der Waals surface area contributed by atoms with Crippen molar-refractivity contribution in [2.45, 2.75) is 36.1 Å². The van der Waals surface area contributed by atoms with E-state index in [-0.39, 0.29) is 11.3 Å². The molecule has 4 nitrogen and oxygen atoms in total. The summed E-state index contributed by atoms with van der Waals surface area (Å²) in [4.78, 5) is 3.58. The molecule has 0 aromatic carbocycles. The maximum atomic E-state index is 13.4. The van der Waals surface area contributed by atoms with Crippen LogP contribution in [0.15, 0.2) is 23.4 Å². The average Bonchev–Trinajstić information content (AvgIpc) is 2.38. The average molecular weight is 307 g/mol. The third-order valence-corrected chi connectivity index (χ3v) is 5.11. The van der Waals surface area contributed by atoms with Crippen molar-refractivity contribution in [1.29, 1.82) is 0 Å². The summed E-state index contributed by atoms with van der Waals surface area (Å²) in [5.41, 5.74) is 0. The molecule has 1 heterocycles. The predicted molar refractivity (Wildman–Crippen MR) is 71.0 cm³/mol. The highest BCUT2D eigenvalue weighted by Gasteiger charge is 2.24. The van der Waals surface area contributed by atoms with Gasteiger partial charge in [0.25, 0.3) is 10.0 Å². The van der Waals surface area contributed by atoms with Crippen LogP contribution in [0.4, 0.5) is 4.39 Å². The van der Waals surface area contributed by atoms with Crippen LogP contribution in [0.2, 0.25) is 0 Å². The van der Waals surface area contributed by atoms with Crippen LogP contribution in [0.3, 0.4) is 0 Å². The summed E-state index contributed by atoms with van der Waals surface area (Å²) in [6.07, 6.45) is 4.83. The van der Waals surface area contributed by atoms with Crippen LogP contribution in [0.1, 0.15) is 25.7 Å². The van der Waals surface area contributed by atoms with E-state index < -0.39 is 20.9 Å². The molecule has 0 bridgehead atoms. The lowest BCUT2D eigenvalue weighted by molar-refractivity contribution is 0.360. The monoisotopic (exact) mass is 306 g/mol. The lowest BCUT2D eigenvalue weighted by Crippen LogP contribution is -2.32. The minimum atomic E-state index is -3.87. The summed E-state index contributed by atoms with van der Waals surface area (Å²) >= 11 is 5.99. The maximum absolute atomic E-state index is 13.4. The number of pyridine rings is 1. The first-order valence-electron chi connectivity index (χ1n) is 6.23. The molecular weight excluding hydrogens is 291 g/mol. The highest BCUT2D eigenvalue weighted by atomic mass is 35.5. The number of nitrogens with one attached hydrogen (secondary N) is 1. The number of aromatic nitrogens is 1. The molecule has 7 heteroatoms. The molecule has 106 valence electrons. The van der Waals surface area contributed by atoms with Crippen molar-refractivity contribution in [2.24, 2.45) is 5.92 Å². The van der Waals surface area contributed by atoms with Crippen LogP contribution in [0, 0.1) is 11.7 Å². The highest BCUT2D eigenvalue weighted by molar-refractivity contribution is 7.89. The molecule has 0 unspecified atom stereocenters. The van der Waals surface area contributed by atoms with Gasteiger partial charge in [0.15, 0.2) is 5.82 Å². The van der Waals surface area contributed by atoms with Crippen LogP contribution in [0.25, 0.3) is 0 Å². The first kappa shape index (κ1) is 14.7. The molecule has 1 aromatic heterocycles.